The lowest BCUT2D eigenvalue weighted by atomic mass is 10.2. The highest BCUT2D eigenvalue weighted by Gasteiger charge is 2.27. The molecule has 1 fully saturated rings. The molecule has 3 amide bonds. The Morgan fingerprint density at radius 3 is 2.44 bits per heavy atom. The van der Waals surface area contributed by atoms with Gasteiger partial charge in [0.05, 0.1) is 6.21 Å². The van der Waals surface area contributed by atoms with Gasteiger partial charge in [-0.2, -0.15) is 5.10 Å². The van der Waals surface area contributed by atoms with Crippen LogP contribution in [0.3, 0.4) is 0 Å². The molecule has 1 saturated heterocycles. The molecule has 2 rings (SSSR count). The predicted molar refractivity (Wildman–Crippen MR) is 68.6 cm³/mol. The second-order valence-electron chi connectivity index (χ2n) is 4.09. The van der Waals surface area contributed by atoms with Crippen LogP contribution < -0.4 is 10.2 Å². The minimum Gasteiger partial charge on any atom is -0.378 e. The first-order valence-corrected chi connectivity index (χ1v) is 5.50. The predicted octanol–water partition coefficient (Wildman–Crippen LogP) is 0.638. The highest BCUT2D eigenvalue weighted by atomic mass is 16.2. The average molecular weight is 246 g/mol. The Hall–Kier alpha value is -2.37. The van der Waals surface area contributed by atoms with Crippen LogP contribution in [0.4, 0.5) is 10.5 Å². The SMILES string of the molecule is CN(C)c1ccc(C=NN2C(=O)CNC2=O)cc1. The number of carbonyl (C=O) groups is 2. The lowest BCUT2D eigenvalue weighted by molar-refractivity contribution is -0.124. The van der Waals surface area contributed by atoms with E-state index in [4.69, 9.17) is 0 Å². The minimum absolute atomic E-state index is 0.00966. The van der Waals surface area contributed by atoms with Crippen molar-refractivity contribution < 1.29 is 9.59 Å². The summed E-state index contributed by atoms with van der Waals surface area (Å²) in [5.41, 5.74) is 1.90. The molecular formula is C12H14N4O2. The lowest BCUT2D eigenvalue weighted by Crippen LogP contribution is -2.25. The van der Waals surface area contributed by atoms with Gasteiger partial charge < -0.3 is 10.2 Å². The zero-order valence-corrected chi connectivity index (χ0v) is 10.3. The summed E-state index contributed by atoms with van der Waals surface area (Å²) < 4.78 is 0. The first-order chi connectivity index (χ1) is 8.58. The topological polar surface area (TPSA) is 65.0 Å². The van der Waals surface area contributed by atoms with E-state index in [0.717, 1.165) is 16.3 Å². The molecule has 0 spiro atoms. The zero-order chi connectivity index (χ0) is 13.1. The van der Waals surface area contributed by atoms with Gasteiger partial charge >= 0.3 is 6.03 Å². The molecule has 0 aromatic heterocycles. The summed E-state index contributed by atoms with van der Waals surface area (Å²) in [5.74, 6) is -0.346. The Bertz CT molecular complexity index is 477. The highest BCUT2D eigenvalue weighted by molar-refractivity contribution is 6.02. The molecule has 1 N–H and O–H groups in total. The van der Waals surface area contributed by atoms with E-state index in [1.165, 1.54) is 6.21 Å². The molecule has 1 aliphatic heterocycles. The van der Waals surface area contributed by atoms with Crippen molar-refractivity contribution in [2.75, 3.05) is 25.5 Å². The van der Waals surface area contributed by atoms with E-state index in [2.05, 4.69) is 10.4 Å². The van der Waals surface area contributed by atoms with Crippen molar-refractivity contribution in [3.05, 3.63) is 29.8 Å². The second kappa shape index (κ2) is 4.87. The number of nitrogens with zero attached hydrogens (tertiary/aromatic N) is 3. The third-order valence-corrected chi connectivity index (χ3v) is 2.55. The smallest absolute Gasteiger partial charge is 0.345 e. The highest BCUT2D eigenvalue weighted by Crippen LogP contribution is 2.11. The van der Waals surface area contributed by atoms with Crippen LogP contribution >= 0.6 is 0 Å². The van der Waals surface area contributed by atoms with Crippen LogP contribution in [0.5, 0.6) is 0 Å². The molecule has 1 aromatic rings. The third-order valence-electron chi connectivity index (χ3n) is 2.55. The largest absolute Gasteiger partial charge is 0.378 e. The van der Waals surface area contributed by atoms with Gasteiger partial charge in [0, 0.05) is 19.8 Å². The van der Waals surface area contributed by atoms with E-state index < -0.39 is 6.03 Å². The third kappa shape index (κ3) is 2.48. The van der Waals surface area contributed by atoms with E-state index in [1.807, 2.05) is 43.3 Å². The molecule has 94 valence electrons. The van der Waals surface area contributed by atoms with Crippen LogP contribution in [0.15, 0.2) is 29.4 Å². The Morgan fingerprint density at radius 1 is 1.28 bits per heavy atom. The van der Waals surface area contributed by atoms with Crippen molar-refractivity contribution in [2.24, 2.45) is 5.10 Å². The minimum atomic E-state index is -0.485. The molecule has 0 saturated carbocycles. The van der Waals surface area contributed by atoms with Gasteiger partial charge in [-0.05, 0) is 17.7 Å². The summed E-state index contributed by atoms with van der Waals surface area (Å²) in [6, 6.07) is 7.14. The standard InChI is InChI=1S/C12H14N4O2/c1-15(2)10-5-3-9(4-6-10)7-14-16-11(17)8-13-12(16)18/h3-7H,8H2,1-2H3,(H,13,18). The van der Waals surface area contributed by atoms with Gasteiger partial charge in [0.1, 0.15) is 6.54 Å². The molecule has 0 radical (unpaired) electrons. The second-order valence-corrected chi connectivity index (χ2v) is 4.09. The Balaban J connectivity index is 2.09. The van der Waals surface area contributed by atoms with Crippen LogP contribution in [0.2, 0.25) is 0 Å². The number of hydrogen-bond donors (Lipinski definition) is 1. The van der Waals surface area contributed by atoms with Gasteiger partial charge in [0.25, 0.3) is 5.91 Å². The number of hydrazone groups is 1. The molecule has 1 aliphatic rings. The summed E-state index contributed by atoms with van der Waals surface area (Å²) in [6.07, 6.45) is 1.49. The Kier molecular flexibility index (Phi) is 3.27. The monoisotopic (exact) mass is 246 g/mol. The summed E-state index contributed by atoms with van der Waals surface area (Å²) in [5, 5.41) is 7.09. The summed E-state index contributed by atoms with van der Waals surface area (Å²) in [7, 11) is 3.91. The zero-order valence-electron chi connectivity index (χ0n) is 10.3. The first-order valence-electron chi connectivity index (χ1n) is 5.50. The number of benzene rings is 1. The fourth-order valence-corrected chi connectivity index (χ4v) is 1.51. The normalized spacial score (nSPS) is 15.3. The van der Waals surface area contributed by atoms with Crippen LogP contribution in [0, 0.1) is 0 Å². The molecule has 1 heterocycles. The summed E-state index contributed by atoms with van der Waals surface area (Å²) >= 11 is 0. The van der Waals surface area contributed by atoms with Gasteiger partial charge in [-0.15, -0.1) is 5.01 Å². The number of rotatable bonds is 3. The number of urea groups is 1. The van der Waals surface area contributed by atoms with Crippen molar-refractivity contribution in [1.29, 1.82) is 0 Å². The molecule has 0 bridgehead atoms. The number of amides is 3. The summed E-state index contributed by atoms with van der Waals surface area (Å²) in [6.45, 7) is 0.00966. The molecule has 6 nitrogen and oxygen atoms in total. The number of carbonyl (C=O) groups excluding carboxylic acids is 2. The summed E-state index contributed by atoms with van der Waals surface area (Å²) in [4.78, 5) is 24.5. The maximum atomic E-state index is 11.3. The quantitative estimate of drug-likeness (QED) is 0.628. The molecule has 6 heteroatoms. The van der Waals surface area contributed by atoms with Gasteiger partial charge in [-0.1, -0.05) is 12.1 Å². The van der Waals surface area contributed by atoms with Crippen LogP contribution in [0.1, 0.15) is 5.56 Å². The molecule has 0 atom stereocenters. The van der Waals surface area contributed by atoms with Gasteiger partial charge in [0.2, 0.25) is 0 Å². The lowest BCUT2D eigenvalue weighted by Gasteiger charge is -2.11. The van der Waals surface area contributed by atoms with E-state index in [0.29, 0.717) is 0 Å². The average Bonchev–Trinajstić information content (AvgIpc) is 2.67. The fraction of sp³-hybridized carbons (Fsp3) is 0.250. The number of hydrogen-bond acceptors (Lipinski definition) is 4. The Morgan fingerprint density at radius 2 is 1.94 bits per heavy atom. The van der Waals surface area contributed by atoms with Gasteiger partial charge in [0.15, 0.2) is 0 Å². The van der Waals surface area contributed by atoms with E-state index in [-0.39, 0.29) is 12.5 Å². The van der Waals surface area contributed by atoms with Crippen LogP contribution in [-0.2, 0) is 4.79 Å². The van der Waals surface area contributed by atoms with E-state index in [9.17, 15) is 9.59 Å². The van der Waals surface area contributed by atoms with E-state index in [1.54, 1.807) is 0 Å². The van der Waals surface area contributed by atoms with Crippen molar-refractivity contribution in [2.45, 2.75) is 0 Å². The maximum Gasteiger partial charge on any atom is 0.345 e. The van der Waals surface area contributed by atoms with Crippen LogP contribution in [-0.4, -0.2) is 43.8 Å². The number of imide groups is 1. The van der Waals surface area contributed by atoms with Crippen molar-refractivity contribution in [3.63, 3.8) is 0 Å². The van der Waals surface area contributed by atoms with Crippen molar-refractivity contribution >= 4 is 23.8 Å². The van der Waals surface area contributed by atoms with Gasteiger partial charge in [-0.3, -0.25) is 4.79 Å². The maximum absolute atomic E-state index is 11.3. The molecule has 1 aromatic carbocycles. The molecule has 0 aliphatic carbocycles. The molecule has 0 unspecified atom stereocenters. The van der Waals surface area contributed by atoms with Crippen molar-refractivity contribution in [3.8, 4) is 0 Å². The van der Waals surface area contributed by atoms with Gasteiger partial charge in [-0.25, -0.2) is 4.79 Å². The fourth-order valence-electron chi connectivity index (χ4n) is 1.51. The number of nitrogens with one attached hydrogen (secondary N) is 1. The Labute approximate surface area is 105 Å². The van der Waals surface area contributed by atoms with Crippen molar-refractivity contribution in [1.82, 2.24) is 10.3 Å². The molecule has 18 heavy (non-hydrogen) atoms. The molecular weight excluding hydrogens is 232 g/mol. The first kappa shape index (κ1) is 12.1. The number of anilines is 1. The van der Waals surface area contributed by atoms with E-state index >= 15 is 0 Å². The van der Waals surface area contributed by atoms with Crippen LogP contribution in [0.25, 0.3) is 0 Å².